The zero-order chi connectivity index (χ0) is 22.2. The Labute approximate surface area is 186 Å². The molecule has 0 saturated carbocycles. The molecule has 6 nitrogen and oxygen atoms in total. The van der Waals surface area contributed by atoms with E-state index in [1.54, 1.807) is 12.1 Å². The standard InChI is InChI=1S/C25H37N3O3/c1-26-17-14-22(15-18-26)27(2)24(30)12-10-20-7-6-16-28(19-20)25(31)13-11-23(29)21-8-4-3-5-9-21/h3-5,8-9,20,22H,6-7,10-19H2,1-2H3/t20-/m1/s1. The van der Waals surface area contributed by atoms with E-state index in [0.29, 0.717) is 30.5 Å². The quantitative estimate of drug-likeness (QED) is 0.598. The number of carbonyl (C=O) groups is 3. The van der Waals surface area contributed by atoms with Gasteiger partial charge in [-0.2, -0.15) is 0 Å². The van der Waals surface area contributed by atoms with Gasteiger partial charge in [-0.25, -0.2) is 0 Å². The highest BCUT2D eigenvalue weighted by Gasteiger charge is 2.27. The molecule has 0 unspecified atom stereocenters. The fourth-order valence-corrected chi connectivity index (χ4v) is 4.76. The average Bonchev–Trinajstić information content (AvgIpc) is 2.81. The van der Waals surface area contributed by atoms with Gasteiger partial charge in [-0.15, -0.1) is 0 Å². The molecule has 3 rings (SSSR count). The Hall–Kier alpha value is -2.21. The number of hydrogen-bond acceptors (Lipinski definition) is 4. The molecule has 1 atom stereocenters. The first kappa shape index (κ1) is 23.5. The first-order valence-corrected chi connectivity index (χ1v) is 11.7. The van der Waals surface area contributed by atoms with E-state index in [2.05, 4.69) is 11.9 Å². The van der Waals surface area contributed by atoms with Gasteiger partial charge in [0, 0.05) is 51.0 Å². The molecule has 0 bridgehead atoms. The second-order valence-electron chi connectivity index (χ2n) is 9.21. The SMILES string of the molecule is CN1CCC(N(C)C(=O)CC[C@H]2CCCN(C(=O)CCC(=O)c3ccccc3)C2)CC1. The minimum atomic E-state index is 0.0186. The summed E-state index contributed by atoms with van der Waals surface area (Å²) in [6.45, 7) is 3.57. The summed E-state index contributed by atoms with van der Waals surface area (Å²) in [7, 11) is 4.07. The van der Waals surface area contributed by atoms with Crippen LogP contribution in [0.25, 0.3) is 0 Å². The molecule has 2 saturated heterocycles. The summed E-state index contributed by atoms with van der Waals surface area (Å²) >= 11 is 0. The van der Waals surface area contributed by atoms with E-state index in [4.69, 9.17) is 0 Å². The van der Waals surface area contributed by atoms with Crippen molar-refractivity contribution in [1.29, 1.82) is 0 Å². The summed E-state index contributed by atoms with van der Waals surface area (Å²) in [4.78, 5) is 43.8. The number of ketones is 1. The molecule has 2 amide bonds. The lowest BCUT2D eigenvalue weighted by atomic mass is 9.92. The third-order valence-corrected chi connectivity index (χ3v) is 6.93. The van der Waals surface area contributed by atoms with Crippen LogP contribution in [0.3, 0.4) is 0 Å². The van der Waals surface area contributed by atoms with E-state index in [1.807, 2.05) is 35.0 Å². The van der Waals surface area contributed by atoms with E-state index >= 15 is 0 Å². The van der Waals surface area contributed by atoms with Crippen molar-refractivity contribution in [1.82, 2.24) is 14.7 Å². The van der Waals surface area contributed by atoms with Crippen molar-refractivity contribution >= 4 is 17.6 Å². The number of amides is 2. The van der Waals surface area contributed by atoms with E-state index < -0.39 is 0 Å². The second kappa shape index (κ2) is 11.4. The molecular weight excluding hydrogens is 390 g/mol. The van der Waals surface area contributed by atoms with E-state index in [-0.39, 0.29) is 30.4 Å². The number of benzene rings is 1. The normalized spacial score (nSPS) is 20.5. The summed E-state index contributed by atoms with van der Waals surface area (Å²) < 4.78 is 0. The third kappa shape index (κ3) is 6.89. The van der Waals surface area contributed by atoms with Crippen LogP contribution in [0.15, 0.2) is 30.3 Å². The van der Waals surface area contributed by atoms with Crippen molar-refractivity contribution in [2.45, 2.75) is 57.4 Å². The zero-order valence-corrected chi connectivity index (χ0v) is 19.1. The summed E-state index contributed by atoms with van der Waals surface area (Å²) in [5.74, 6) is 0.678. The highest BCUT2D eigenvalue weighted by molar-refractivity contribution is 5.97. The van der Waals surface area contributed by atoms with E-state index in [0.717, 1.165) is 51.7 Å². The molecule has 0 N–H and O–H groups in total. The lowest BCUT2D eigenvalue weighted by molar-refractivity contribution is -0.133. The molecule has 170 valence electrons. The van der Waals surface area contributed by atoms with Gasteiger partial charge in [0.1, 0.15) is 0 Å². The topological polar surface area (TPSA) is 60.9 Å². The van der Waals surface area contributed by atoms with Gasteiger partial charge in [0.05, 0.1) is 0 Å². The van der Waals surface area contributed by atoms with Gasteiger partial charge in [-0.1, -0.05) is 30.3 Å². The van der Waals surface area contributed by atoms with Crippen LogP contribution < -0.4 is 0 Å². The van der Waals surface area contributed by atoms with Crippen LogP contribution in [-0.2, 0) is 9.59 Å². The first-order chi connectivity index (χ1) is 14.9. The van der Waals surface area contributed by atoms with Gasteiger partial charge in [-0.05, 0) is 58.2 Å². The molecular formula is C25H37N3O3. The minimum absolute atomic E-state index is 0.0186. The maximum Gasteiger partial charge on any atom is 0.223 e. The van der Waals surface area contributed by atoms with Crippen LogP contribution in [0.1, 0.15) is 61.7 Å². The fraction of sp³-hybridized carbons (Fsp3) is 0.640. The average molecular weight is 428 g/mol. The summed E-state index contributed by atoms with van der Waals surface area (Å²) in [5.41, 5.74) is 0.666. The Balaban J connectivity index is 1.40. The van der Waals surface area contributed by atoms with Crippen LogP contribution in [0, 0.1) is 5.92 Å². The van der Waals surface area contributed by atoms with Gasteiger partial charge in [0.25, 0.3) is 0 Å². The number of piperidine rings is 2. The van der Waals surface area contributed by atoms with Crippen molar-refractivity contribution in [2.75, 3.05) is 40.3 Å². The van der Waals surface area contributed by atoms with Crippen LogP contribution in [0.4, 0.5) is 0 Å². The van der Waals surface area contributed by atoms with Crippen molar-refractivity contribution < 1.29 is 14.4 Å². The molecule has 0 radical (unpaired) electrons. The van der Waals surface area contributed by atoms with Crippen LogP contribution >= 0.6 is 0 Å². The highest BCUT2D eigenvalue weighted by Crippen LogP contribution is 2.23. The molecule has 2 aliphatic heterocycles. The van der Waals surface area contributed by atoms with E-state index in [9.17, 15) is 14.4 Å². The van der Waals surface area contributed by atoms with Crippen LogP contribution in [0.2, 0.25) is 0 Å². The second-order valence-corrected chi connectivity index (χ2v) is 9.21. The third-order valence-electron chi connectivity index (χ3n) is 6.93. The Morgan fingerprint density at radius 3 is 2.39 bits per heavy atom. The molecule has 2 fully saturated rings. The smallest absolute Gasteiger partial charge is 0.223 e. The van der Waals surface area contributed by atoms with Crippen molar-refractivity contribution in [3.05, 3.63) is 35.9 Å². The molecule has 2 aliphatic rings. The van der Waals surface area contributed by atoms with Crippen LogP contribution in [-0.4, -0.2) is 78.6 Å². The molecule has 2 heterocycles. The zero-order valence-electron chi connectivity index (χ0n) is 19.1. The lowest BCUT2D eigenvalue weighted by Crippen LogP contribution is -2.45. The first-order valence-electron chi connectivity index (χ1n) is 11.7. The molecule has 6 heteroatoms. The predicted octanol–water partition coefficient (Wildman–Crippen LogP) is 3.22. The molecule has 1 aromatic carbocycles. The van der Waals surface area contributed by atoms with Gasteiger partial charge >= 0.3 is 0 Å². The van der Waals surface area contributed by atoms with Gasteiger partial charge in [0.2, 0.25) is 11.8 Å². The Kier molecular flexibility index (Phi) is 8.64. The predicted molar refractivity (Wildman–Crippen MR) is 122 cm³/mol. The Bertz CT molecular complexity index is 744. The van der Waals surface area contributed by atoms with E-state index in [1.165, 1.54) is 0 Å². The summed E-state index contributed by atoms with van der Waals surface area (Å²) in [5, 5.41) is 0. The largest absolute Gasteiger partial charge is 0.343 e. The number of likely N-dealkylation sites (tertiary alicyclic amines) is 2. The number of Topliss-reactive ketones (excluding diaryl/α,β-unsaturated/α-hetero) is 1. The van der Waals surface area contributed by atoms with Crippen LogP contribution in [0.5, 0.6) is 0 Å². The van der Waals surface area contributed by atoms with Gasteiger partial charge in [-0.3, -0.25) is 14.4 Å². The molecule has 31 heavy (non-hydrogen) atoms. The summed E-state index contributed by atoms with van der Waals surface area (Å²) in [6.07, 6.45) is 6.05. The number of carbonyl (C=O) groups excluding carboxylic acids is 3. The van der Waals surface area contributed by atoms with Gasteiger partial charge < -0.3 is 14.7 Å². The van der Waals surface area contributed by atoms with Crippen molar-refractivity contribution in [3.63, 3.8) is 0 Å². The number of nitrogens with zero attached hydrogens (tertiary/aromatic N) is 3. The van der Waals surface area contributed by atoms with Crippen molar-refractivity contribution in [3.8, 4) is 0 Å². The Morgan fingerprint density at radius 2 is 1.68 bits per heavy atom. The minimum Gasteiger partial charge on any atom is -0.343 e. The molecule has 0 aliphatic carbocycles. The Morgan fingerprint density at radius 1 is 0.968 bits per heavy atom. The highest BCUT2D eigenvalue weighted by atomic mass is 16.2. The molecule has 0 aromatic heterocycles. The number of hydrogen-bond donors (Lipinski definition) is 0. The number of rotatable bonds is 8. The maximum atomic E-state index is 12.7. The van der Waals surface area contributed by atoms with Crippen molar-refractivity contribution in [2.24, 2.45) is 5.92 Å². The summed E-state index contributed by atoms with van der Waals surface area (Å²) in [6, 6.07) is 9.51. The van der Waals surface area contributed by atoms with Gasteiger partial charge in [0.15, 0.2) is 5.78 Å². The monoisotopic (exact) mass is 427 g/mol. The fourth-order valence-electron chi connectivity index (χ4n) is 4.76. The molecule has 1 aromatic rings. The molecule has 0 spiro atoms. The lowest BCUT2D eigenvalue weighted by Gasteiger charge is -2.36. The maximum absolute atomic E-state index is 12.7.